The molecule has 0 heterocycles. The molecule has 2 aromatic carbocycles. The molecule has 0 aromatic heterocycles. The van der Waals surface area contributed by atoms with Crippen LogP contribution in [0.2, 0.25) is 0 Å². The fourth-order valence-corrected chi connectivity index (χ4v) is 2.96. The monoisotopic (exact) mass is 329 g/mol. The first-order chi connectivity index (χ1) is 10.0. The molecule has 0 spiro atoms. The minimum absolute atomic E-state index is 0. The molecule has 0 aliphatic carbocycles. The Balaban J connectivity index is 0.00000242. The van der Waals surface area contributed by atoms with Crippen LogP contribution in [0.1, 0.15) is 16.5 Å². The Kier molecular flexibility index (Phi) is 7.18. The molecule has 0 radical (unpaired) electrons. The third-order valence-corrected chi connectivity index (χ3v) is 4.01. The topological polar surface area (TPSA) is 87.0 Å². The van der Waals surface area contributed by atoms with Crippen LogP contribution in [0, 0.1) is 4.91 Å². The molecule has 0 saturated heterocycles. The number of benzene rings is 2. The van der Waals surface area contributed by atoms with E-state index in [0.717, 1.165) is 5.01 Å². The van der Waals surface area contributed by atoms with Crippen molar-refractivity contribution in [2.75, 3.05) is 0 Å². The number of nitroso groups, excluding NO2 is 1. The molecule has 0 saturated carbocycles. The van der Waals surface area contributed by atoms with Gasteiger partial charge in [0.2, 0.25) is 5.37 Å². The maximum absolute atomic E-state index is 11.6. The molecule has 2 aromatic rings. The van der Waals surface area contributed by atoms with Crippen LogP contribution in [0.5, 0.6) is 0 Å². The van der Waals surface area contributed by atoms with Crippen molar-refractivity contribution in [2.45, 2.75) is 11.9 Å². The molecular weight excluding hydrogens is 315 g/mol. The fraction of sp³-hybridized carbons (Fsp3) is 0.143. The van der Waals surface area contributed by atoms with Crippen molar-refractivity contribution in [1.82, 2.24) is 5.01 Å². The van der Waals surface area contributed by atoms with Crippen molar-refractivity contribution >= 4 is 10.1 Å². The van der Waals surface area contributed by atoms with E-state index in [0.29, 0.717) is 5.56 Å². The predicted molar refractivity (Wildman–Crippen MR) is 78.5 cm³/mol. The Labute approximate surface area is 151 Å². The van der Waals surface area contributed by atoms with Gasteiger partial charge in [-0.15, -0.1) is 4.91 Å². The summed E-state index contributed by atoms with van der Waals surface area (Å²) in [6.07, 6.45) is 0. The van der Waals surface area contributed by atoms with Gasteiger partial charge < -0.3 is 0 Å². The Morgan fingerprint density at radius 3 is 1.95 bits per heavy atom. The second-order valence-electron chi connectivity index (χ2n) is 4.44. The van der Waals surface area contributed by atoms with Crippen LogP contribution in [0.25, 0.3) is 0 Å². The zero-order valence-corrected chi connectivity index (χ0v) is 14.8. The Morgan fingerprint density at radius 2 is 1.50 bits per heavy atom. The summed E-state index contributed by atoms with van der Waals surface area (Å²) in [7, 11) is -4.52. The third-order valence-electron chi connectivity index (χ3n) is 2.93. The van der Waals surface area contributed by atoms with E-state index >= 15 is 0 Å². The molecule has 6 nitrogen and oxygen atoms in total. The van der Waals surface area contributed by atoms with Crippen molar-refractivity contribution in [3.63, 3.8) is 0 Å². The largest absolute Gasteiger partial charge is 1.00 e. The molecule has 0 aliphatic heterocycles. The minimum Gasteiger partial charge on any atom is -0.284 e. The van der Waals surface area contributed by atoms with Crippen LogP contribution in [-0.4, -0.2) is 18.0 Å². The van der Waals surface area contributed by atoms with E-state index in [1.54, 1.807) is 48.5 Å². The summed E-state index contributed by atoms with van der Waals surface area (Å²) in [5, 5.41) is 2.05. The summed E-state index contributed by atoms with van der Waals surface area (Å²) in [6.45, 7) is -0.0241. The van der Waals surface area contributed by atoms with Crippen LogP contribution in [0.3, 0.4) is 0 Å². The predicted octanol–water partition coefficient (Wildman–Crippen LogP) is -0.239. The normalized spacial score (nSPS) is 12.0. The molecule has 0 bridgehead atoms. The minimum atomic E-state index is -4.52. The number of rotatable bonds is 6. The maximum atomic E-state index is 11.6. The molecular formula is C14H14N2NaO4S+. The summed E-state index contributed by atoms with van der Waals surface area (Å²) in [6, 6.07) is 16.8. The van der Waals surface area contributed by atoms with E-state index in [1.165, 1.54) is 12.1 Å². The average Bonchev–Trinajstić information content (AvgIpc) is 2.47. The van der Waals surface area contributed by atoms with Gasteiger partial charge in [0.1, 0.15) is 0 Å². The first kappa shape index (κ1) is 18.8. The number of hydrogen-bond donors (Lipinski definition) is 1. The molecule has 0 aliphatic rings. The molecule has 1 N–H and O–H groups in total. The van der Waals surface area contributed by atoms with Gasteiger partial charge in [0.05, 0.1) is 11.8 Å². The third kappa shape index (κ3) is 4.89. The second-order valence-corrected chi connectivity index (χ2v) is 5.92. The van der Waals surface area contributed by atoms with Crippen LogP contribution < -0.4 is 29.6 Å². The van der Waals surface area contributed by atoms with Gasteiger partial charge in [0, 0.05) is 0 Å². The first-order valence-corrected chi connectivity index (χ1v) is 7.68. The van der Waals surface area contributed by atoms with Gasteiger partial charge in [-0.3, -0.25) is 4.55 Å². The standard InChI is InChI=1S/C14H14N2O4S.Na/c17-15-16(11-12-7-3-1-4-8-12)14(21(18,19)20)13-9-5-2-6-10-13;/h1-10,14H,11H2,(H,18,19,20);/q;+1. The molecule has 0 amide bonds. The van der Waals surface area contributed by atoms with Gasteiger partial charge in [-0.25, -0.2) is 5.01 Å². The molecule has 22 heavy (non-hydrogen) atoms. The van der Waals surface area contributed by atoms with Gasteiger partial charge in [0.25, 0.3) is 10.1 Å². The molecule has 0 fully saturated rings. The van der Waals surface area contributed by atoms with Gasteiger partial charge in [-0.1, -0.05) is 60.7 Å². The van der Waals surface area contributed by atoms with Crippen molar-refractivity contribution in [3.8, 4) is 0 Å². The molecule has 8 heteroatoms. The van der Waals surface area contributed by atoms with Gasteiger partial charge in [0.15, 0.2) is 0 Å². The van der Waals surface area contributed by atoms with Crippen molar-refractivity contribution < 1.29 is 42.5 Å². The average molecular weight is 329 g/mol. The number of hydrogen-bond acceptors (Lipinski definition) is 4. The number of nitrogens with zero attached hydrogens (tertiary/aromatic N) is 2. The van der Waals surface area contributed by atoms with E-state index in [-0.39, 0.29) is 41.7 Å². The summed E-state index contributed by atoms with van der Waals surface area (Å²) in [5.74, 6) is 0. The first-order valence-electron chi connectivity index (χ1n) is 6.17. The van der Waals surface area contributed by atoms with E-state index in [1.807, 2.05) is 0 Å². The van der Waals surface area contributed by atoms with Gasteiger partial charge in [-0.05, 0) is 11.1 Å². The van der Waals surface area contributed by atoms with Gasteiger partial charge >= 0.3 is 29.6 Å². The molecule has 1 atom stereocenters. The Bertz CT molecular complexity index is 695. The SMILES string of the molecule is O=NN(Cc1ccccc1)C(c1ccccc1)S(=O)(=O)O.[Na+]. The van der Waals surface area contributed by atoms with E-state index in [4.69, 9.17) is 0 Å². The van der Waals surface area contributed by atoms with Crippen molar-refractivity contribution in [1.29, 1.82) is 0 Å². The van der Waals surface area contributed by atoms with Crippen molar-refractivity contribution in [3.05, 3.63) is 76.7 Å². The fourth-order valence-electron chi connectivity index (χ4n) is 2.04. The summed E-state index contributed by atoms with van der Waals surface area (Å²) in [4.78, 5) is 11.1. The maximum Gasteiger partial charge on any atom is 1.00 e. The van der Waals surface area contributed by atoms with E-state index in [2.05, 4.69) is 5.29 Å². The van der Waals surface area contributed by atoms with Crippen LogP contribution in [-0.2, 0) is 16.7 Å². The summed E-state index contributed by atoms with van der Waals surface area (Å²) >= 11 is 0. The van der Waals surface area contributed by atoms with Crippen LogP contribution in [0.4, 0.5) is 0 Å². The van der Waals surface area contributed by atoms with Crippen LogP contribution in [0.15, 0.2) is 65.9 Å². The summed E-state index contributed by atoms with van der Waals surface area (Å²) in [5.41, 5.74) is 0.984. The smallest absolute Gasteiger partial charge is 0.284 e. The molecule has 1 unspecified atom stereocenters. The zero-order chi connectivity index (χ0) is 15.3. The van der Waals surface area contributed by atoms with E-state index < -0.39 is 15.5 Å². The van der Waals surface area contributed by atoms with Gasteiger partial charge in [-0.2, -0.15) is 8.42 Å². The quantitative estimate of drug-likeness (QED) is 0.342. The zero-order valence-electron chi connectivity index (χ0n) is 12.0. The van der Waals surface area contributed by atoms with Crippen LogP contribution >= 0.6 is 0 Å². The summed E-state index contributed by atoms with van der Waals surface area (Å²) < 4.78 is 32.7. The van der Waals surface area contributed by atoms with E-state index in [9.17, 15) is 17.9 Å². The second kappa shape index (κ2) is 8.40. The Hall–Kier alpha value is -1.25. The Morgan fingerprint density at radius 1 is 1.00 bits per heavy atom. The molecule has 2 rings (SSSR count). The molecule has 110 valence electrons. The van der Waals surface area contributed by atoms with Crippen molar-refractivity contribution in [2.24, 2.45) is 5.29 Å².